The molecule has 5 heteroatoms. The average molecular weight is 277 g/mol. The molecule has 0 aliphatic rings. The molecule has 0 unspecified atom stereocenters. The van der Waals surface area contributed by atoms with Gasteiger partial charge in [0.25, 0.3) is 0 Å². The molecule has 0 atom stereocenters. The van der Waals surface area contributed by atoms with Gasteiger partial charge in [0.1, 0.15) is 18.2 Å². The zero-order valence-corrected chi connectivity index (χ0v) is 12.2. The van der Waals surface area contributed by atoms with Gasteiger partial charge in [-0.15, -0.1) is 0 Å². The molecule has 0 amide bonds. The van der Waals surface area contributed by atoms with Gasteiger partial charge in [0.05, 0.1) is 6.54 Å². The van der Waals surface area contributed by atoms with E-state index >= 15 is 0 Å². The first kappa shape index (κ1) is 13.8. The van der Waals surface area contributed by atoms with Crippen LogP contribution >= 0.6 is 12.2 Å². The smallest absolute Gasteiger partial charge is 0.195 e. The van der Waals surface area contributed by atoms with Crippen LogP contribution in [0.4, 0.5) is 0 Å². The molecule has 2 aromatic rings. The predicted octanol–water partition coefficient (Wildman–Crippen LogP) is 3.28. The fourth-order valence-corrected chi connectivity index (χ4v) is 2.20. The van der Waals surface area contributed by atoms with Gasteiger partial charge in [-0.25, -0.2) is 0 Å². The van der Waals surface area contributed by atoms with E-state index in [0.717, 1.165) is 31.0 Å². The summed E-state index contributed by atoms with van der Waals surface area (Å²) in [4.78, 5) is 0. The predicted molar refractivity (Wildman–Crippen MR) is 78.1 cm³/mol. The minimum Gasteiger partial charge on any atom is -0.492 e. The quantitative estimate of drug-likeness (QED) is 0.824. The van der Waals surface area contributed by atoms with E-state index in [1.807, 2.05) is 22.8 Å². The summed E-state index contributed by atoms with van der Waals surface area (Å²) in [6.07, 6.45) is 1.98. The molecule has 0 spiro atoms. The molecule has 2 rings (SSSR count). The van der Waals surface area contributed by atoms with E-state index in [4.69, 9.17) is 17.0 Å². The van der Waals surface area contributed by atoms with Crippen LogP contribution in [0, 0.1) is 11.7 Å². The minimum atomic E-state index is 0.591. The Kier molecular flexibility index (Phi) is 4.74. The van der Waals surface area contributed by atoms with Crippen LogP contribution in [0.1, 0.15) is 24.7 Å². The van der Waals surface area contributed by atoms with Crippen molar-refractivity contribution in [1.29, 1.82) is 0 Å². The Morgan fingerprint density at radius 1 is 1.42 bits per heavy atom. The van der Waals surface area contributed by atoms with Crippen LogP contribution < -0.4 is 4.74 Å². The largest absolute Gasteiger partial charge is 0.492 e. The van der Waals surface area contributed by atoms with E-state index in [0.29, 0.717) is 11.4 Å². The Bertz CT molecular complexity index is 588. The van der Waals surface area contributed by atoms with Crippen LogP contribution in [0.3, 0.4) is 0 Å². The standard InChI is InChI=1S/C14H19N3OS/c1-3-5-13-15-16-14(19)17(13)8-9-18-12-7-4-6-11(2)10-12/h4,6-7,10H,3,5,8-9H2,1-2H3,(H,16,19). The lowest BCUT2D eigenvalue weighted by atomic mass is 10.2. The Balaban J connectivity index is 1.96. The molecular weight excluding hydrogens is 258 g/mol. The van der Waals surface area contributed by atoms with E-state index < -0.39 is 0 Å². The van der Waals surface area contributed by atoms with Crippen LogP contribution in [0.25, 0.3) is 0 Å². The Labute approximate surface area is 118 Å². The highest BCUT2D eigenvalue weighted by atomic mass is 32.1. The number of nitrogens with one attached hydrogen (secondary N) is 1. The summed E-state index contributed by atoms with van der Waals surface area (Å²) in [7, 11) is 0. The van der Waals surface area contributed by atoms with Crippen molar-refractivity contribution in [3.63, 3.8) is 0 Å². The van der Waals surface area contributed by atoms with Crippen molar-refractivity contribution in [2.75, 3.05) is 6.61 Å². The molecule has 0 fully saturated rings. The molecule has 4 nitrogen and oxygen atoms in total. The molecule has 0 radical (unpaired) electrons. The molecule has 1 aromatic heterocycles. The Morgan fingerprint density at radius 3 is 3.00 bits per heavy atom. The molecule has 19 heavy (non-hydrogen) atoms. The van der Waals surface area contributed by atoms with Gasteiger partial charge in [-0.2, -0.15) is 5.10 Å². The number of nitrogens with zero attached hydrogens (tertiary/aromatic N) is 2. The maximum absolute atomic E-state index is 5.74. The lowest BCUT2D eigenvalue weighted by molar-refractivity contribution is 0.295. The first-order valence-electron chi connectivity index (χ1n) is 6.54. The van der Waals surface area contributed by atoms with E-state index in [2.05, 4.69) is 30.1 Å². The Morgan fingerprint density at radius 2 is 2.26 bits per heavy atom. The first-order valence-corrected chi connectivity index (χ1v) is 6.95. The third-order valence-electron chi connectivity index (χ3n) is 2.88. The first-order chi connectivity index (χ1) is 9.20. The third kappa shape index (κ3) is 3.67. The van der Waals surface area contributed by atoms with Crippen molar-refractivity contribution >= 4 is 12.2 Å². The Hall–Kier alpha value is -1.62. The lowest BCUT2D eigenvalue weighted by Crippen LogP contribution is -2.11. The third-order valence-corrected chi connectivity index (χ3v) is 3.20. The van der Waals surface area contributed by atoms with Gasteiger partial charge in [0.15, 0.2) is 4.77 Å². The molecule has 0 aliphatic carbocycles. The number of H-pyrrole nitrogens is 1. The molecule has 0 saturated heterocycles. The molecule has 0 bridgehead atoms. The number of ether oxygens (including phenoxy) is 1. The highest BCUT2D eigenvalue weighted by Gasteiger charge is 2.05. The monoisotopic (exact) mass is 277 g/mol. The van der Waals surface area contributed by atoms with E-state index in [-0.39, 0.29) is 0 Å². The molecule has 0 aliphatic heterocycles. The fourth-order valence-electron chi connectivity index (χ4n) is 1.96. The van der Waals surface area contributed by atoms with E-state index in [9.17, 15) is 0 Å². The molecular formula is C14H19N3OS. The number of aromatic amines is 1. The summed E-state index contributed by atoms with van der Waals surface area (Å²) < 4.78 is 8.41. The average Bonchev–Trinajstić information content (AvgIpc) is 2.72. The number of aryl methyl sites for hydroxylation is 2. The van der Waals surface area contributed by atoms with Crippen molar-refractivity contribution < 1.29 is 4.74 Å². The van der Waals surface area contributed by atoms with E-state index in [1.54, 1.807) is 0 Å². The summed E-state index contributed by atoms with van der Waals surface area (Å²) in [6, 6.07) is 8.05. The highest BCUT2D eigenvalue weighted by Crippen LogP contribution is 2.12. The fraction of sp³-hybridized carbons (Fsp3) is 0.429. The summed E-state index contributed by atoms with van der Waals surface area (Å²) in [6.45, 7) is 5.50. The molecule has 1 aromatic carbocycles. The number of rotatable bonds is 6. The molecule has 1 N–H and O–H groups in total. The van der Waals surface area contributed by atoms with Crippen LogP contribution in [0.5, 0.6) is 5.75 Å². The van der Waals surface area contributed by atoms with Gasteiger partial charge >= 0.3 is 0 Å². The minimum absolute atomic E-state index is 0.591. The summed E-state index contributed by atoms with van der Waals surface area (Å²) >= 11 is 5.23. The zero-order chi connectivity index (χ0) is 13.7. The van der Waals surface area contributed by atoms with Crippen molar-refractivity contribution in [3.05, 3.63) is 40.4 Å². The van der Waals surface area contributed by atoms with Crippen LogP contribution in [-0.2, 0) is 13.0 Å². The summed E-state index contributed by atoms with van der Waals surface area (Å²) in [5.74, 6) is 1.90. The van der Waals surface area contributed by atoms with Crippen molar-refractivity contribution in [2.45, 2.75) is 33.2 Å². The van der Waals surface area contributed by atoms with Crippen molar-refractivity contribution in [1.82, 2.24) is 14.8 Å². The van der Waals surface area contributed by atoms with Crippen LogP contribution in [0.2, 0.25) is 0 Å². The summed E-state index contributed by atoms with van der Waals surface area (Å²) in [5.41, 5.74) is 1.20. The second kappa shape index (κ2) is 6.52. The number of hydrogen-bond acceptors (Lipinski definition) is 3. The highest BCUT2D eigenvalue weighted by molar-refractivity contribution is 7.71. The van der Waals surface area contributed by atoms with Crippen LogP contribution in [0.15, 0.2) is 24.3 Å². The number of hydrogen-bond donors (Lipinski definition) is 1. The SMILES string of the molecule is CCCc1n[nH]c(=S)n1CCOc1cccc(C)c1. The molecule has 0 saturated carbocycles. The second-order valence-corrected chi connectivity index (χ2v) is 4.90. The second-order valence-electron chi connectivity index (χ2n) is 4.51. The van der Waals surface area contributed by atoms with Gasteiger partial charge < -0.3 is 9.30 Å². The zero-order valence-electron chi connectivity index (χ0n) is 11.3. The van der Waals surface area contributed by atoms with Crippen molar-refractivity contribution in [2.24, 2.45) is 0 Å². The number of aromatic nitrogens is 3. The van der Waals surface area contributed by atoms with E-state index in [1.165, 1.54) is 5.56 Å². The van der Waals surface area contributed by atoms with Gasteiger partial charge in [0.2, 0.25) is 0 Å². The number of benzene rings is 1. The maximum atomic E-state index is 5.74. The van der Waals surface area contributed by atoms with Crippen LogP contribution in [-0.4, -0.2) is 21.4 Å². The summed E-state index contributed by atoms with van der Waals surface area (Å²) in [5, 5.41) is 7.08. The van der Waals surface area contributed by atoms with Crippen molar-refractivity contribution in [3.8, 4) is 5.75 Å². The normalized spacial score (nSPS) is 10.6. The van der Waals surface area contributed by atoms with Gasteiger partial charge in [-0.05, 0) is 43.3 Å². The van der Waals surface area contributed by atoms with Gasteiger partial charge in [0, 0.05) is 6.42 Å². The lowest BCUT2D eigenvalue weighted by Gasteiger charge is -2.09. The topological polar surface area (TPSA) is 42.8 Å². The molecule has 102 valence electrons. The molecule has 1 heterocycles. The maximum Gasteiger partial charge on any atom is 0.195 e. The van der Waals surface area contributed by atoms with Gasteiger partial charge in [-0.3, -0.25) is 5.10 Å². The van der Waals surface area contributed by atoms with Gasteiger partial charge in [-0.1, -0.05) is 19.1 Å².